The third-order valence-corrected chi connectivity index (χ3v) is 7.17. The van der Waals surface area contributed by atoms with E-state index in [1.165, 1.54) is 28.2 Å². The first-order chi connectivity index (χ1) is 15.2. The topological polar surface area (TPSA) is 49.3 Å². The van der Waals surface area contributed by atoms with Gasteiger partial charge in [-0.1, -0.05) is 60.2 Å². The van der Waals surface area contributed by atoms with E-state index in [0.29, 0.717) is 11.8 Å². The van der Waals surface area contributed by atoms with Gasteiger partial charge in [0, 0.05) is 50.1 Å². The molecule has 1 aliphatic carbocycles. The zero-order valence-electron chi connectivity index (χ0n) is 17.9. The van der Waals surface area contributed by atoms with Gasteiger partial charge in [-0.3, -0.25) is 4.79 Å². The molecule has 5 rings (SSSR count). The van der Waals surface area contributed by atoms with Crippen LogP contribution < -0.4 is 4.90 Å². The van der Waals surface area contributed by atoms with Gasteiger partial charge in [0.1, 0.15) is 5.82 Å². The Bertz CT molecular complexity index is 1030. The summed E-state index contributed by atoms with van der Waals surface area (Å²) >= 11 is 1.48. The van der Waals surface area contributed by atoms with E-state index in [4.69, 9.17) is 4.98 Å². The molecule has 5 nitrogen and oxygen atoms in total. The number of nitrogens with zero attached hydrogens (tertiary/aromatic N) is 4. The molecule has 160 valence electrons. The number of hydrogen-bond donors (Lipinski definition) is 0. The summed E-state index contributed by atoms with van der Waals surface area (Å²) in [6, 6.07) is 19.0. The Kier molecular flexibility index (Phi) is 5.72. The van der Waals surface area contributed by atoms with Crippen LogP contribution in [-0.2, 0) is 11.2 Å². The summed E-state index contributed by atoms with van der Waals surface area (Å²) in [5, 5.41) is 0.977. The van der Waals surface area contributed by atoms with Crippen molar-refractivity contribution in [1.82, 2.24) is 14.3 Å². The molecule has 1 saturated carbocycles. The predicted octanol–water partition coefficient (Wildman–Crippen LogP) is 4.28. The van der Waals surface area contributed by atoms with E-state index >= 15 is 0 Å². The molecule has 2 aliphatic rings. The Morgan fingerprint density at radius 2 is 1.84 bits per heavy atom. The van der Waals surface area contributed by atoms with E-state index in [9.17, 15) is 4.79 Å². The van der Waals surface area contributed by atoms with E-state index in [1.54, 1.807) is 0 Å². The zero-order valence-corrected chi connectivity index (χ0v) is 18.7. The number of hydrogen-bond acceptors (Lipinski definition) is 5. The van der Waals surface area contributed by atoms with Crippen molar-refractivity contribution in [1.29, 1.82) is 0 Å². The number of amides is 1. The standard InChI is InChI=1S/C25H28N4OS/c1-18-8-10-19(11-9-18)16-23-26-25(31-27-23)29-13-5-12-28(14-15-29)24(30)22-17-21(22)20-6-3-2-4-7-20/h2-4,6-11,21-22H,5,12-17H2,1H3. The Morgan fingerprint density at radius 1 is 1.03 bits per heavy atom. The number of benzene rings is 2. The van der Waals surface area contributed by atoms with Gasteiger partial charge >= 0.3 is 0 Å². The summed E-state index contributed by atoms with van der Waals surface area (Å²) in [5.74, 6) is 1.77. The lowest BCUT2D eigenvalue weighted by Gasteiger charge is -2.21. The van der Waals surface area contributed by atoms with Crippen molar-refractivity contribution in [2.24, 2.45) is 5.92 Å². The van der Waals surface area contributed by atoms with Crippen LogP contribution in [0.5, 0.6) is 0 Å². The highest BCUT2D eigenvalue weighted by atomic mass is 32.1. The van der Waals surface area contributed by atoms with Crippen LogP contribution in [0, 0.1) is 12.8 Å². The maximum absolute atomic E-state index is 13.1. The van der Waals surface area contributed by atoms with Crippen molar-refractivity contribution in [3.8, 4) is 0 Å². The Hall–Kier alpha value is -2.73. The molecule has 2 unspecified atom stereocenters. The summed E-state index contributed by atoms with van der Waals surface area (Å²) in [6.07, 6.45) is 2.72. The lowest BCUT2D eigenvalue weighted by Crippen LogP contribution is -2.36. The summed E-state index contributed by atoms with van der Waals surface area (Å²) in [5.41, 5.74) is 3.80. The van der Waals surface area contributed by atoms with Gasteiger partial charge in [-0.2, -0.15) is 4.37 Å². The summed E-state index contributed by atoms with van der Waals surface area (Å²) in [6.45, 7) is 5.46. The van der Waals surface area contributed by atoms with Gasteiger partial charge in [-0.05, 0) is 36.8 Å². The van der Waals surface area contributed by atoms with Gasteiger partial charge in [-0.15, -0.1) is 0 Å². The van der Waals surface area contributed by atoms with Crippen LogP contribution in [0.2, 0.25) is 0 Å². The fourth-order valence-electron chi connectivity index (χ4n) is 4.43. The minimum absolute atomic E-state index is 0.164. The second-order valence-electron chi connectivity index (χ2n) is 8.68. The molecule has 2 atom stereocenters. The molecule has 2 aromatic carbocycles. The molecule has 2 fully saturated rings. The van der Waals surface area contributed by atoms with E-state index in [2.05, 4.69) is 69.6 Å². The third kappa shape index (κ3) is 4.64. The van der Waals surface area contributed by atoms with Crippen LogP contribution in [0.4, 0.5) is 5.13 Å². The van der Waals surface area contributed by atoms with Gasteiger partial charge in [0.25, 0.3) is 0 Å². The van der Waals surface area contributed by atoms with Gasteiger partial charge < -0.3 is 9.80 Å². The highest BCUT2D eigenvalue weighted by Crippen LogP contribution is 2.48. The van der Waals surface area contributed by atoms with E-state index < -0.39 is 0 Å². The zero-order chi connectivity index (χ0) is 21.2. The average molecular weight is 433 g/mol. The van der Waals surface area contributed by atoms with E-state index in [0.717, 1.165) is 56.4 Å². The fraction of sp³-hybridized carbons (Fsp3) is 0.400. The second-order valence-corrected chi connectivity index (χ2v) is 9.41. The molecule has 1 amide bonds. The first-order valence-electron chi connectivity index (χ1n) is 11.1. The molecule has 0 N–H and O–H groups in total. The number of carbonyl (C=O) groups excluding carboxylic acids is 1. The van der Waals surface area contributed by atoms with Crippen molar-refractivity contribution < 1.29 is 4.79 Å². The smallest absolute Gasteiger partial charge is 0.226 e. The quantitative estimate of drug-likeness (QED) is 0.604. The number of anilines is 1. The first kappa shape index (κ1) is 20.2. The molecule has 1 aromatic heterocycles. The predicted molar refractivity (Wildman–Crippen MR) is 125 cm³/mol. The normalized spacial score (nSPS) is 21.1. The summed E-state index contributed by atoms with van der Waals surface area (Å²) in [7, 11) is 0. The Balaban J connectivity index is 1.17. The van der Waals surface area contributed by atoms with Crippen molar-refractivity contribution >= 4 is 22.6 Å². The summed E-state index contributed by atoms with van der Waals surface area (Å²) < 4.78 is 4.58. The fourth-order valence-corrected chi connectivity index (χ4v) is 5.17. The van der Waals surface area contributed by atoms with E-state index in [1.807, 2.05) is 6.07 Å². The molecular formula is C25H28N4OS. The molecule has 0 radical (unpaired) electrons. The molecule has 3 aromatic rings. The van der Waals surface area contributed by atoms with E-state index in [-0.39, 0.29) is 5.92 Å². The minimum Gasteiger partial charge on any atom is -0.345 e. The maximum Gasteiger partial charge on any atom is 0.226 e. The highest BCUT2D eigenvalue weighted by molar-refractivity contribution is 7.09. The van der Waals surface area contributed by atoms with Crippen molar-refractivity contribution in [3.63, 3.8) is 0 Å². The average Bonchev–Trinajstić information content (AvgIpc) is 3.53. The van der Waals surface area contributed by atoms with Crippen molar-refractivity contribution in [2.75, 3.05) is 31.1 Å². The van der Waals surface area contributed by atoms with Crippen LogP contribution in [0.25, 0.3) is 0 Å². The number of aromatic nitrogens is 2. The van der Waals surface area contributed by atoms with Crippen LogP contribution in [-0.4, -0.2) is 46.3 Å². The lowest BCUT2D eigenvalue weighted by atomic mass is 10.1. The lowest BCUT2D eigenvalue weighted by molar-refractivity contribution is -0.132. The monoisotopic (exact) mass is 432 g/mol. The third-order valence-electron chi connectivity index (χ3n) is 6.35. The molecule has 0 bridgehead atoms. The molecule has 1 aliphatic heterocycles. The summed E-state index contributed by atoms with van der Waals surface area (Å²) in [4.78, 5) is 22.2. The van der Waals surface area contributed by atoms with Crippen LogP contribution >= 0.6 is 11.5 Å². The van der Waals surface area contributed by atoms with Gasteiger partial charge in [-0.25, -0.2) is 4.98 Å². The maximum atomic E-state index is 13.1. The molecule has 6 heteroatoms. The molecular weight excluding hydrogens is 404 g/mol. The number of carbonyl (C=O) groups is 1. The van der Waals surface area contributed by atoms with Crippen LogP contribution in [0.1, 0.15) is 41.3 Å². The van der Waals surface area contributed by atoms with Crippen LogP contribution in [0.15, 0.2) is 54.6 Å². The highest BCUT2D eigenvalue weighted by Gasteiger charge is 2.45. The number of aryl methyl sites for hydroxylation is 1. The SMILES string of the molecule is Cc1ccc(Cc2nsc(N3CCCN(C(=O)C4CC4c4ccccc4)CC3)n2)cc1. The molecule has 0 spiro atoms. The Labute approximate surface area is 187 Å². The van der Waals surface area contributed by atoms with Gasteiger partial charge in [0.05, 0.1) is 0 Å². The molecule has 31 heavy (non-hydrogen) atoms. The van der Waals surface area contributed by atoms with Crippen molar-refractivity contribution in [2.45, 2.75) is 32.1 Å². The first-order valence-corrected chi connectivity index (χ1v) is 11.9. The van der Waals surface area contributed by atoms with Gasteiger partial charge in [0.2, 0.25) is 11.0 Å². The van der Waals surface area contributed by atoms with Crippen LogP contribution in [0.3, 0.4) is 0 Å². The Morgan fingerprint density at radius 3 is 2.65 bits per heavy atom. The van der Waals surface area contributed by atoms with Gasteiger partial charge in [0.15, 0.2) is 0 Å². The second kappa shape index (κ2) is 8.79. The largest absolute Gasteiger partial charge is 0.345 e. The number of rotatable bonds is 5. The minimum atomic E-state index is 0.164. The van der Waals surface area contributed by atoms with Crippen molar-refractivity contribution in [3.05, 3.63) is 77.1 Å². The molecule has 1 saturated heterocycles. The molecule has 2 heterocycles.